The minimum absolute atomic E-state index is 0.311. The number of nitrogens with zero attached hydrogens (tertiary/aromatic N) is 2. The van der Waals surface area contributed by atoms with Gasteiger partial charge in [0.05, 0.1) is 7.11 Å². The lowest BCUT2D eigenvalue weighted by Gasteiger charge is -2.37. The zero-order chi connectivity index (χ0) is 18.6. The Bertz CT molecular complexity index is 779. The van der Waals surface area contributed by atoms with Gasteiger partial charge in [-0.2, -0.15) is 0 Å². The van der Waals surface area contributed by atoms with Crippen LogP contribution >= 0.6 is 0 Å². The molecule has 2 aromatic carbocycles. The highest BCUT2D eigenvalue weighted by Crippen LogP contribution is 2.34. The van der Waals surface area contributed by atoms with Gasteiger partial charge in [-0.25, -0.2) is 0 Å². The Morgan fingerprint density at radius 2 is 1.78 bits per heavy atom. The highest BCUT2D eigenvalue weighted by molar-refractivity contribution is 5.77. The van der Waals surface area contributed by atoms with Crippen LogP contribution in [0.25, 0.3) is 0 Å². The summed E-state index contributed by atoms with van der Waals surface area (Å²) in [7, 11) is 1.68. The van der Waals surface area contributed by atoms with E-state index in [4.69, 9.17) is 4.74 Å². The molecule has 0 N–H and O–H groups in total. The van der Waals surface area contributed by atoms with Crippen molar-refractivity contribution in [2.24, 2.45) is 0 Å². The SMILES string of the molecule is COc1ccc(N2CCN(C(=O)CC3CCCc4ccccc43)CC2)cc1. The van der Waals surface area contributed by atoms with Crippen molar-refractivity contribution >= 4 is 11.6 Å². The molecule has 0 saturated carbocycles. The Morgan fingerprint density at radius 3 is 2.52 bits per heavy atom. The van der Waals surface area contributed by atoms with E-state index in [1.165, 1.54) is 23.2 Å². The highest BCUT2D eigenvalue weighted by Gasteiger charge is 2.27. The zero-order valence-electron chi connectivity index (χ0n) is 16.1. The quantitative estimate of drug-likeness (QED) is 0.826. The lowest BCUT2D eigenvalue weighted by atomic mass is 9.81. The van der Waals surface area contributed by atoms with Gasteiger partial charge in [-0.05, 0) is 60.6 Å². The van der Waals surface area contributed by atoms with Crippen LogP contribution in [0.5, 0.6) is 5.75 Å². The van der Waals surface area contributed by atoms with Crippen LogP contribution in [0.4, 0.5) is 5.69 Å². The Kier molecular flexibility index (Phi) is 5.33. The van der Waals surface area contributed by atoms with Crippen LogP contribution in [0.1, 0.15) is 36.3 Å². The predicted octanol–water partition coefficient (Wildman–Crippen LogP) is 3.85. The van der Waals surface area contributed by atoms with E-state index in [2.05, 4.69) is 46.2 Å². The lowest BCUT2D eigenvalue weighted by molar-refractivity contribution is -0.132. The van der Waals surface area contributed by atoms with Crippen LogP contribution in [0.3, 0.4) is 0 Å². The van der Waals surface area contributed by atoms with Crippen LogP contribution in [-0.2, 0) is 11.2 Å². The molecule has 0 aromatic heterocycles. The number of benzene rings is 2. The molecule has 1 amide bonds. The molecule has 1 aliphatic carbocycles. The van der Waals surface area contributed by atoms with Crippen molar-refractivity contribution in [3.05, 3.63) is 59.7 Å². The summed E-state index contributed by atoms with van der Waals surface area (Å²) < 4.78 is 5.23. The largest absolute Gasteiger partial charge is 0.497 e. The number of ether oxygens (including phenoxy) is 1. The second kappa shape index (κ2) is 8.03. The predicted molar refractivity (Wildman–Crippen MR) is 109 cm³/mol. The number of aryl methyl sites for hydroxylation is 1. The van der Waals surface area contributed by atoms with E-state index in [0.717, 1.165) is 44.8 Å². The number of carbonyl (C=O) groups excluding carboxylic acids is 1. The van der Waals surface area contributed by atoms with Crippen LogP contribution in [0, 0.1) is 0 Å². The normalized spacial score (nSPS) is 19.5. The number of fused-ring (bicyclic) bond motifs is 1. The smallest absolute Gasteiger partial charge is 0.223 e. The van der Waals surface area contributed by atoms with Gasteiger partial charge in [-0.1, -0.05) is 24.3 Å². The number of hydrogen-bond acceptors (Lipinski definition) is 3. The van der Waals surface area contributed by atoms with Crippen molar-refractivity contribution in [1.82, 2.24) is 4.90 Å². The molecule has 1 atom stereocenters. The van der Waals surface area contributed by atoms with Crippen molar-refractivity contribution < 1.29 is 9.53 Å². The molecule has 2 aliphatic rings. The molecule has 1 fully saturated rings. The van der Waals surface area contributed by atoms with E-state index in [9.17, 15) is 4.79 Å². The van der Waals surface area contributed by atoms with Gasteiger partial charge in [-0.15, -0.1) is 0 Å². The lowest BCUT2D eigenvalue weighted by Crippen LogP contribution is -2.49. The highest BCUT2D eigenvalue weighted by atomic mass is 16.5. The molecule has 27 heavy (non-hydrogen) atoms. The number of amides is 1. The van der Waals surface area contributed by atoms with E-state index in [0.29, 0.717) is 18.2 Å². The topological polar surface area (TPSA) is 32.8 Å². The van der Waals surface area contributed by atoms with Crippen molar-refractivity contribution in [3.63, 3.8) is 0 Å². The summed E-state index contributed by atoms with van der Waals surface area (Å²) in [6.45, 7) is 3.39. The Hall–Kier alpha value is -2.49. The summed E-state index contributed by atoms with van der Waals surface area (Å²) in [6.07, 6.45) is 4.13. The van der Waals surface area contributed by atoms with Gasteiger partial charge in [0.2, 0.25) is 5.91 Å². The van der Waals surface area contributed by atoms with Gasteiger partial charge >= 0.3 is 0 Å². The van der Waals surface area contributed by atoms with Gasteiger partial charge in [0.1, 0.15) is 5.75 Å². The van der Waals surface area contributed by atoms with Crippen LogP contribution in [0.15, 0.2) is 48.5 Å². The van der Waals surface area contributed by atoms with Gasteiger partial charge in [0, 0.05) is 38.3 Å². The Balaban J connectivity index is 1.34. The molecule has 142 valence electrons. The maximum atomic E-state index is 12.9. The van der Waals surface area contributed by atoms with Crippen molar-refractivity contribution in [2.45, 2.75) is 31.6 Å². The third-order valence-corrected chi connectivity index (χ3v) is 5.98. The first-order valence-corrected chi connectivity index (χ1v) is 9.99. The molecule has 4 rings (SSSR count). The van der Waals surface area contributed by atoms with E-state index in [1.807, 2.05) is 12.1 Å². The van der Waals surface area contributed by atoms with E-state index in [-0.39, 0.29) is 0 Å². The maximum absolute atomic E-state index is 12.9. The summed E-state index contributed by atoms with van der Waals surface area (Å²) in [5.74, 6) is 1.58. The zero-order valence-corrected chi connectivity index (χ0v) is 16.1. The summed E-state index contributed by atoms with van der Waals surface area (Å²) in [5.41, 5.74) is 4.03. The minimum Gasteiger partial charge on any atom is -0.497 e. The molecular formula is C23H28N2O2. The third-order valence-electron chi connectivity index (χ3n) is 5.98. The molecule has 0 spiro atoms. The first kappa shape index (κ1) is 17.9. The molecule has 0 radical (unpaired) electrons. The number of methoxy groups -OCH3 is 1. The van der Waals surface area contributed by atoms with E-state index < -0.39 is 0 Å². The molecule has 2 aromatic rings. The van der Waals surface area contributed by atoms with Crippen molar-refractivity contribution in [3.8, 4) is 5.75 Å². The van der Waals surface area contributed by atoms with Gasteiger partial charge in [-0.3, -0.25) is 4.79 Å². The van der Waals surface area contributed by atoms with Crippen LogP contribution < -0.4 is 9.64 Å². The second-order valence-electron chi connectivity index (χ2n) is 7.56. The van der Waals surface area contributed by atoms with Crippen molar-refractivity contribution in [2.75, 3.05) is 38.2 Å². The number of carbonyl (C=O) groups is 1. The number of piperazine rings is 1. The van der Waals surface area contributed by atoms with Gasteiger partial charge in [0.15, 0.2) is 0 Å². The molecule has 1 aliphatic heterocycles. The Labute approximate surface area is 161 Å². The van der Waals surface area contributed by atoms with Crippen LogP contribution in [-0.4, -0.2) is 44.1 Å². The monoisotopic (exact) mass is 364 g/mol. The third kappa shape index (κ3) is 3.95. The average Bonchev–Trinajstić information content (AvgIpc) is 2.74. The molecule has 1 unspecified atom stereocenters. The first-order chi connectivity index (χ1) is 13.2. The van der Waals surface area contributed by atoms with Crippen molar-refractivity contribution in [1.29, 1.82) is 0 Å². The molecule has 0 bridgehead atoms. The maximum Gasteiger partial charge on any atom is 0.223 e. The number of hydrogen-bond donors (Lipinski definition) is 0. The van der Waals surface area contributed by atoms with Gasteiger partial charge < -0.3 is 14.5 Å². The summed E-state index contributed by atoms with van der Waals surface area (Å²) in [6, 6.07) is 16.8. The summed E-state index contributed by atoms with van der Waals surface area (Å²) >= 11 is 0. The summed E-state index contributed by atoms with van der Waals surface area (Å²) in [4.78, 5) is 17.3. The molecule has 1 heterocycles. The number of anilines is 1. The Morgan fingerprint density at radius 1 is 1.04 bits per heavy atom. The van der Waals surface area contributed by atoms with E-state index >= 15 is 0 Å². The average molecular weight is 364 g/mol. The molecule has 4 heteroatoms. The minimum atomic E-state index is 0.311. The second-order valence-corrected chi connectivity index (χ2v) is 7.56. The molecular weight excluding hydrogens is 336 g/mol. The fourth-order valence-corrected chi connectivity index (χ4v) is 4.41. The fraction of sp³-hybridized carbons (Fsp3) is 0.435. The number of rotatable bonds is 4. The fourth-order valence-electron chi connectivity index (χ4n) is 4.41. The first-order valence-electron chi connectivity index (χ1n) is 9.99. The van der Waals surface area contributed by atoms with Gasteiger partial charge in [0.25, 0.3) is 0 Å². The standard InChI is InChI=1S/C23H28N2O2/c1-27-21-11-9-20(10-12-21)24-13-15-25(16-14-24)23(26)17-19-7-4-6-18-5-2-3-8-22(18)19/h2-3,5,8-12,19H,4,6-7,13-17H2,1H3. The summed E-state index contributed by atoms with van der Waals surface area (Å²) in [5, 5.41) is 0. The van der Waals surface area contributed by atoms with E-state index in [1.54, 1.807) is 7.11 Å². The molecule has 1 saturated heterocycles. The van der Waals surface area contributed by atoms with Crippen LogP contribution in [0.2, 0.25) is 0 Å². The molecule has 4 nitrogen and oxygen atoms in total.